The zero-order valence-corrected chi connectivity index (χ0v) is 9.90. The lowest BCUT2D eigenvalue weighted by molar-refractivity contribution is 1.06. The van der Waals surface area contributed by atoms with Crippen LogP contribution in [0.5, 0.6) is 0 Å². The molecule has 0 spiro atoms. The third-order valence-electron chi connectivity index (χ3n) is 1.83. The van der Waals surface area contributed by atoms with E-state index in [0.29, 0.717) is 28.0 Å². The van der Waals surface area contributed by atoms with Crippen LogP contribution in [0.3, 0.4) is 0 Å². The van der Waals surface area contributed by atoms with Gasteiger partial charge in [0.1, 0.15) is 5.82 Å². The summed E-state index contributed by atoms with van der Waals surface area (Å²) in [4.78, 5) is 8.28. The number of pyridine rings is 1. The second-order valence-electron chi connectivity index (χ2n) is 2.89. The van der Waals surface area contributed by atoms with Crippen molar-refractivity contribution in [2.75, 3.05) is 5.73 Å². The van der Waals surface area contributed by atoms with Gasteiger partial charge in [-0.15, -0.1) is 11.3 Å². The van der Waals surface area contributed by atoms with Gasteiger partial charge >= 0.3 is 0 Å². The van der Waals surface area contributed by atoms with Gasteiger partial charge in [-0.05, 0) is 6.07 Å². The maximum Gasteiger partial charge on any atom is 0.142 e. The molecule has 3 nitrogen and oxygen atoms in total. The largest absolute Gasteiger partial charge is 0.382 e. The Labute approximate surface area is 101 Å². The van der Waals surface area contributed by atoms with Crippen LogP contribution >= 0.6 is 34.5 Å². The van der Waals surface area contributed by atoms with E-state index in [0.717, 1.165) is 5.01 Å². The quantitative estimate of drug-likeness (QED) is 0.902. The summed E-state index contributed by atoms with van der Waals surface area (Å²) in [5, 5.41) is 3.75. The number of nitrogen functional groups attached to an aromatic ring is 1. The van der Waals surface area contributed by atoms with Gasteiger partial charge < -0.3 is 5.73 Å². The number of thiazole rings is 1. The van der Waals surface area contributed by atoms with Crippen LogP contribution in [0.4, 0.5) is 5.82 Å². The Morgan fingerprint density at radius 1 is 1.33 bits per heavy atom. The standard InChI is InChI=1S/C9H7Cl2N3S/c10-5-3-6(11)9(12)14-7(5)4-8-13-1-2-15-8/h1-3H,4H2,(H2,12,14). The third-order valence-corrected chi connectivity index (χ3v) is 3.24. The average molecular weight is 260 g/mol. The van der Waals surface area contributed by atoms with Crippen LogP contribution in [0.15, 0.2) is 17.6 Å². The van der Waals surface area contributed by atoms with Gasteiger partial charge in [0, 0.05) is 18.0 Å². The van der Waals surface area contributed by atoms with Gasteiger partial charge in [-0.25, -0.2) is 9.97 Å². The zero-order chi connectivity index (χ0) is 10.8. The van der Waals surface area contributed by atoms with Crippen LogP contribution in [0.1, 0.15) is 10.7 Å². The van der Waals surface area contributed by atoms with Gasteiger partial charge in [-0.3, -0.25) is 0 Å². The number of aromatic nitrogens is 2. The molecular weight excluding hydrogens is 253 g/mol. The Hall–Kier alpha value is -0.840. The maximum atomic E-state index is 5.99. The molecule has 0 amide bonds. The molecular formula is C9H7Cl2N3S. The lowest BCUT2D eigenvalue weighted by Crippen LogP contribution is -1.98. The van der Waals surface area contributed by atoms with E-state index in [1.54, 1.807) is 23.6 Å². The van der Waals surface area contributed by atoms with Crippen LogP contribution in [-0.4, -0.2) is 9.97 Å². The molecule has 0 aliphatic heterocycles. The highest BCUT2D eigenvalue weighted by Gasteiger charge is 2.08. The van der Waals surface area contributed by atoms with E-state index in [4.69, 9.17) is 28.9 Å². The highest BCUT2D eigenvalue weighted by Crippen LogP contribution is 2.25. The molecule has 15 heavy (non-hydrogen) atoms. The Bertz CT molecular complexity index is 470. The summed E-state index contributed by atoms with van der Waals surface area (Å²) in [5.41, 5.74) is 6.30. The fourth-order valence-corrected chi connectivity index (χ4v) is 2.17. The molecule has 2 heterocycles. The SMILES string of the molecule is Nc1nc(Cc2nccs2)c(Cl)cc1Cl. The predicted octanol–water partition coefficient (Wildman–Crippen LogP) is 3.02. The molecule has 2 aromatic heterocycles. The monoisotopic (exact) mass is 259 g/mol. The third kappa shape index (κ3) is 2.40. The minimum absolute atomic E-state index is 0.299. The minimum atomic E-state index is 0.299. The molecule has 0 saturated carbocycles. The fraction of sp³-hybridized carbons (Fsp3) is 0.111. The fourth-order valence-electron chi connectivity index (χ4n) is 1.13. The molecule has 2 rings (SSSR count). The van der Waals surface area contributed by atoms with Gasteiger partial charge in [0.05, 0.1) is 20.7 Å². The molecule has 2 aromatic rings. The zero-order valence-electron chi connectivity index (χ0n) is 7.58. The molecule has 0 bridgehead atoms. The molecule has 0 aliphatic carbocycles. The first kappa shape index (κ1) is 10.7. The van der Waals surface area contributed by atoms with Crippen molar-refractivity contribution in [3.8, 4) is 0 Å². The summed E-state index contributed by atoms with van der Waals surface area (Å²) in [7, 11) is 0. The van der Waals surface area contributed by atoms with Crippen molar-refractivity contribution >= 4 is 40.4 Å². The van der Waals surface area contributed by atoms with Crippen molar-refractivity contribution in [1.29, 1.82) is 0 Å². The van der Waals surface area contributed by atoms with Crippen LogP contribution in [-0.2, 0) is 6.42 Å². The lowest BCUT2D eigenvalue weighted by atomic mass is 10.3. The molecule has 6 heteroatoms. The summed E-state index contributed by atoms with van der Waals surface area (Å²) in [5.74, 6) is 0.299. The van der Waals surface area contributed by atoms with Gasteiger partial charge in [0.2, 0.25) is 0 Å². The lowest BCUT2D eigenvalue weighted by Gasteiger charge is -2.04. The summed E-state index contributed by atoms with van der Waals surface area (Å²) in [6.07, 6.45) is 2.32. The molecule has 0 radical (unpaired) electrons. The minimum Gasteiger partial charge on any atom is -0.382 e. The average Bonchev–Trinajstić information content (AvgIpc) is 2.67. The Morgan fingerprint density at radius 2 is 2.13 bits per heavy atom. The number of anilines is 1. The number of hydrogen-bond acceptors (Lipinski definition) is 4. The van der Waals surface area contributed by atoms with E-state index in [1.807, 2.05) is 5.38 Å². The van der Waals surface area contributed by atoms with Crippen LogP contribution < -0.4 is 5.73 Å². The number of rotatable bonds is 2. The van der Waals surface area contributed by atoms with Crippen molar-refractivity contribution in [2.24, 2.45) is 0 Å². The van der Waals surface area contributed by atoms with Crippen molar-refractivity contribution in [3.63, 3.8) is 0 Å². The highest BCUT2D eigenvalue weighted by atomic mass is 35.5. The van der Waals surface area contributed by atoms with E-state index in [1.165, 1.54) is 0 Å². The maximum absolute atomic E-state index is 5.99. The molecule has 0 aliphatic rings. The Kier molecular flexibility index (Phi) is 3.09. The van der Waals surface area contributed by atoms with Gasteiger partial charge in [-0.1, -0.05) is 23.2 Å². The predicted molar refractivity (Wildman–Crippen MR) is 63.6 cm³/mol. The number of hydrogen-bond donors (Lipinski definition) is 1. The first-order valence-corrected chi connectivity index (χ1v) is 5.79. The van der Waals surface area contributed by atoms with Gasteiger partial charge in [0.15, 0.2) is 0 Å². The molecule has 0 saturated heterocycles. The molecule has 0 atom stereocenters. The van der Waals surface area contributed by atoms with Crippen LogP contribution in [0.25, 0.3) is 0 Å². The van der Waals surface area contributed by atoms with E-state index in [2.05, 4.69) is 9.97 Å². The van der Waals surface area contributed by atoms with Gasteiger partial charge in [0.25, 0.3) is 0 Å². The van der Waals surface area contributed by atoms with Gasteiger partial charge in [-0.2, -0.15) is 0 Å². The van der Waals surface area contributed by atoms with E-state index in [-0.39, 0.29) is 0 Å². The van der Waals surface area contributed by atoms with E-state index < -0.39 is 0 Å². The summed E-state index contributed by atoms with van der Waals surface area (Å²) < 4.78 is 0. The molecule has 0 aromatic carbocycles. The van der Waals surface area contributed by atoms with Crippen molar-refractivity contribution in [2.45, 2.75) is 6.42 Å². The number of nitrogens with zero attached hydrogens (tertiary/aromatic N) is 2. The van der Waals surface area contributed by atoms with Crippen molar-refractivity contribution in [1.82, 2.24) is 9.97 Å². The summed E-state index contributed by atoms with van der Waals surface area (Å²) >= 11 is 13.3. The van der Waals surface area contributed by atoms with E-state index in [9.17, 15) is 0 Å². The summed E-state index contributed by atoms with van der Waals surface area (Å²) in [6.45, 7) is 0. The summed E-state index contributed by atoms with van der Waals surface area (Å²) in [6, 6.07) is 1.61. The first-order valence-electron chi connectivity index (χ1n) is 4.15. The molecule has 78 valence electrons. The number of nitrogens with two attached hydrogens (primary N) is 1. The highest BCUT2D eigenvalue weighted by molar-refractivity contribution is 7.09. The topological polar surface area (TPSA) is 51.8 Å². The van der Waals surface area contributed by atoms with Crippen molar-refractivity contribution in [3.05, 3.63) is 38.4 Å². The molecule has 2 N–H and O–H groups in total. The van der Waals surface area contributed by atoms with Crippen LogP contribution in [0.2, 0.25) is 10.0 Å². The van der Waals surface area contributed by atoms with E-state index >= 15 is 0 Å². The van der Waals surface area contributed by atoms with Crippen LogP contribution in [0, 0.1) is 0 Å². The first-order chi connectivity index (χ1) is 7.16. The smallest absolute Gasteiger partial charge is 0.142 e. The number of halogens is 2. The Balaban J connectivity index is 2.33. The normalized spacial score (nSPS) is 10.5. The second kappa shape index (κ2) is 4.35. The molecule has 0 fully saturated rings. The second-order valence-corrected chi connectivity index (χ2v) is 4.68. The Morgan fingerprint density at radius 3 is 2.80 bits per heavy atom. The van der Waals surface area contributed by atoms with Crippen molar-refractivity contribution < 1.29 is 0 Å². The molecule has 0 unspecified atom stereocenters.